The number of ether oxygens (including phenoxy) is 1. The van der Waals surface area contributed by atoms with Crippen LogP contribution >= 0.6 is 11.6 Å². The van der Waals surface area contributed by atoms with Crippen molar-refractivity contribution in [3.8, 4) is 0 Å². The number of alkyl halides is 1. The van der Waals surface area contributed by atoms with E-state index in [1.807, 2.05) is 0 Å². The van der Waals surface area contributed by atoms with Gasteiger partial charge in [-0.05, 0) is 11.8 Å². The van der Waals surface area contributed by atoms with Gasteiger partial charge in [-0.25, -0.2) is 0 Å². The first-order chi connectivity index (χ1) is 4.06. The zero-order valence-electron chi connectivity index (χ0n) is 6.41. The first-order valence-corrected chi connectivity index (χ1v) is 3.73. The van der Waals surface area contributed by atoms with Crippen LogP contribution in [-0.4, -0.2) is 12.7 Å². The molecule has 0 aromatic carbocycles. The van der Waals surface area contributed by atoms with Crippen LogP contribution in [0.3, 0.4) is 0 Å². The standard InChI is InChI=1S/C7H15ClO/c1-7(2,3)4-5-9-6-8/h4-6H2,1-3H3. The van der Waals surface area contributed by atoms with Gasteiger partial charge < -0.3 is 4.74 Å². The summed E-state index contributed by atoms with van der Waals surface area (Å²) in [5.74, 6) is 0. The van der Waals surface area contributed by atoms with E-state index in [-0.39, 0.29) is 0 Å². The molecule has 9 heavy (non-hydrogen) atoms. The minimum atomic E-state index is 0.316. The van der Waals surface area contributed by atoms with Gasteiger partial charge in [-0.3, -0.25) is 0 Å². The molecule has 0 spiro atoms. The van der Waals surface area contributed by atoms with Crippen LogP contribution < -0.4 is 0 Å². The Hall–Kier alpha value is 0.250. The van der Waals surface area contributed by atoms with E-state index in [1.165, 1.54) is 0 Å². The molecule has 0 amide bonds. The molecule has 0 saturated heterocycles. The van der Waals surface area contributed by atoms with Crippen LogP contribution in [0.25, 0.3) is 0 Å². The first-order valence-electron chi connectivity index (χ1n) is 3.20. The Balaban J connectivity index is 3.07. The fourth-order valence-corrected chi connectivity index (χ4v) is 0.542. The summed E-state index contributed by atoms with van der Waals surface area (Å²) in [7, 11) is 0. The number of hydrogen-bond donors (Lipinski definition) is 0. The molecule has 0 fully saturated rings. The Morgan fingerprint density at radius 2 is 1.89 bits per heavy atom. The first kappa shape index (κ1) is 9.25. The van der Waals surface area contributed by atoms with Crippen molar-refractivity contribution in [2.75, 3.05) is 12.7 Å². The van der Waals surface area contributed by atoms with E-state index in [4.69, 9.17) is 16.3 Å². The van der Waals surface area contributed by atoms with Crippen LogP contribution in [0.15, 0.2) is 0 Å². The highest BCUT2D eigenvalue weighted by atomic mass is 35.5. The van der Waals surface area contributed by atoms with Crippen molar-refractivity contribution in [1.29, 1.82) is 0 Å². The summed E-state index contributed by atoms with van der Waals surface area (Å²) in [5.41, 5.74) is 0.367. The predicted octanol–water partition coefficient (Wildman–Crippen LogP) is 2.64. The van der Waals surface area contributed by atoms with Crippen LogP contribution in [0.5, 0.6) is 0 Å². The molecule has 0 aliphatic rings. The Kier molecular flexibility index (Phi) is 4.24. The van der Waals surface area contributed by atoms with Crippen LogP contribution in [0.2, 0.25) is 0 Å². The zero-order valence-corrected chi connectivity index (χ0v) is 7.16. The average Bonchev–Trinajstić information content (AvgIpc) is 1.63. The summed E-state index contributed by atoms with van der Waals surface area (Å²) in [4.78, 5) is 0. The molecule has 0 aliphatic carbocycles. The third kappa shape index (κ3) is 8.25. The van der Waals surface area contributed by atoms with E-state index in [0.29, 0.717) is 11.5 Å². The molecule has 0 unspecified atom stereocenters. The lowest BCUT2D eigenvalue weighted by atomic mass is 9.93. The third-order valence-corrected chi connectivity index (χ3v) is 1.23. The second kappa shape index (κ2) is 4.13. The van der Waals surface area contributed by atoms with Crippen molar-refractivity contribution in [2.45, 2.75) is 27.2 Å². The Bertz CT molecular complexity index is 65.8. The highest BCUT2D eigenvalue weighted by molar-refractivity contribution is 6.17. The van der Waals surface area contributed by atoms with Crippen molar-refractivity contribution in [3.63, 3.8) is 0 Å². The number of halogens is 1. The SMILES string of the molecule is CC(C)(C)CCOCCl. The monoisotopic (exact) mass is 150 g/mol. The van der Waals surface area contributed by atoms with Gasteiger partial charge in [-0.1, -0.05) is 32.4 Å². The van der Waals surface area contributed by atoms with E-state index < -0.39 is 0 Å². The fraction of sp³-hybridized carbons (Fsp3) is 1.00. The minimum absolute atomic E-state index is 0.316. The smallest absolute Gasteiger partial charge is 0.120 e. The molecule has 2 heteroatoms. The average molecular weight is 151 g/mol. The Morgan fingerprint density at radius 3 is 2.22 bits per heavy atom. The zero-order chi connectivity index (χ0) is 7.33. The quantitative estimate of drug-likeness (QED) is 0.444. The molecule has 0 atom stereocenters. The van der Waals surface area contributed by atoms with Crippen LogP contribution in [0, 0.1) is 5.41 Å². The fourth-order valence-electron chi connectivity index (χ4n) is 0.433. The Labute approximate surface area is 62.3 Å². The van der Waals surface area contributed by atoms with Gasteiger partial charge >= 0.3 is 0 Å². The lowest BCUT2D eigenvalue weighted by molar-refractivity contribution is 0.144. The van der Waals surface area contributed by atoms with E-state index in [9.17, 15) is 0 Å². The van der Waals surface area contributed by atoms with Crippen molar-refractivity contribution in [1.82, 2.24) is 0 Å². The molecule has 0 aromatic heterocycles. The molecule has 0 N–H and O–H groups in total. The molecule has 0 bridgehead atoms. The molecule has 0 rings (SSSR count). The van der Waals surface area contributed by atoms with E-state index >= 15 is 0 Å². The van der Waals surface area contributed by atoms with Gasteiger partial charge in [0.2, 0.25) is 0 Å². The molecule has 0 heterocycles. The van der Waals surface area contributed by atoms with Crippen molar-refractivity contribution < 1.29 is 4.74 Å². The summed E-state index contributed by atoms with van der Waals surface area (Å²) >= 11 is 5.31. The second-order valence-corrected chi connectivity index (χ2v) is 3.55. The maximum Gasteiger partial charge on any atom is 0.120 e. The predicted molar refractivity (Wildman–Crippen MR) is 40.7 cm³/mol. The number of rotatable bonds is 3. The molecule has 1 nitrogen and oxygen atoms in total. The van der Waals surface area contributed by atoms with Gasteiger partial charge in [0.05, 0.1) is 0 Å². The van der Waals surface area contributed by atoms with Crippen LogP contribution in [-0.2, 0) is 4.74 Å². The van der Waals surface area contributed by atoms with Gasteiger partial charge in [-0.15, -0.1) is 0 Å². The summed E-state index contributed by atoms with van der Waals surface area (Å²) in [6.45, 7) is 7.33. The largest absolute Gasteiger partial charge is 0.366 e. The van der Waals surface area contributed by atoms with Gasteiger partial charge in [0.15, 0.2) is 0 Å². The molecular weight excluding hydrogens is 136 g/mol. The van der Waals surface area contributed by atoms with Crippen LogP contribution in [0.4, 0.5) is 0 Å². The summed E-state index contributed by atoms with van der Waals surface area (Å²) < 4.78 is 4.97. The highest BCUT2D eigenvalue weighted by Crippen LogP contribution is 2.17. The Morgan fingerprint density at radius 1 is 1.33 bits per heavy atom. The maximum atomic E-state index is 5.31. The van der Waals surface area contributed by atoms with Crippen molar-refractivity contribution in [2.24, 2.45) is 5.41 Å². The maximum absolute atomic E-state index is 5.31. The molecule has 0 radical (unpaired) electrons. The molecular formula is C7H15ClO. The summed E-state index contributed by atoms with van der Waals surface area (Å²) in [5, 5.41) is 0. The molecule has 0 aromatic rings. The molecule has 0 saturated carbocycles. The summed E-state index contributed by atoms with van der Waals surface area (Å²) in [6.07, 6.45) is 1.07. The third-order valence-electron chi connectivity index (χ3n) is 1.07. The molecule has 0 aliphatic heterocycles. The normalized spacial score (nSPS) is 12.0. The molecule has 56 valence electrons. The van der Waals surface area contributed by atoms with Gasteiger partial charge in [0.25, 0.3) is 0 Å². The van der Waals surface area contributed by atoms with Crippen molar-refractivity contribution >= 4 is 11.6 Å². The van der Waals surface area contributed by atoms with E-state index in [1.54, 1.807) is 0 Å². The van der Waals surface area contributed by atoms with E-state index in [2.05, 4.69) is 20.8 Å². The second-order valence-electron chi connectivity index (χ2n) is 3.33. The lowest BCUT2D eigenvalue weighted by Gasteiger charge is -2.16. The lowest BCUT2D eigenvalue weighted by Crippen LogP contribution is -2.08. The van der Waals surface area contributed by atoms with Gasteiger partial charge in [0.1, 0.15) is 6.07 Å². The minimum Gasteiger partial charge on any atom is -0.366 e. The van der Waals surface area contributed by atoms with Crippen LogP contribution in [0.1, 0.15) is 27.2 Å². The number of hydrogen-bond acceptors (Lipinski definition) is 1. The van der Waals surface area contributed by atoms with Gasteiger partial charge in [-0.2, -0.15) is 0 Å². The van der Waals surface area contributed by atoms with Gasteiger partial charge in [0, 0.05) is 6.61 Å². The topological polar surface area (TPSA) is 9.23 Å². The van der Waals surface area contributed by atoms with Crippen molar-refractivity contribution in [3.05, 3.63) is 0 Å². The van der Waals surface area contributed by atoms with E-state index in [0.717, 1.165) is 13.0 Å². The summed E-state index contributed by atoms with van der Waals surface area (Å²) in [6, 6.07) is 0.316. The highest BCUT2D eigenvalue weighted by Gasteiger charge is 2.08.